The number of nitrogens with one attached hydrogen (secondary N) is 1. The molecular formula is C9H17NO3. The van der Waals surface area contributed by atoms with Crippen LogP contribution >= 0.6 is 0 Å². The molecule has 1 atom stereocenters. The highest BCUT2D eigenvalue weighted by Gasteiger charge is 2.16. The number of carbonyl (C=O) groups excluding carboxylic acids is 1. The van der Waals surface area contributed by atoms with Gasteiger partial charge >= 0.3 is 5.97 Å². The highest BCUT2D eigenvalue weighted by molar-refractivity contribution is 5.71. The molecule has 1 N–H and O–H groups in total. The smallest absolute Gasteiger partial charge is 0.308 e. The lowest BCUT2D eigenvalue weighted by atomic mass is 10.2. The van der Waals surface area contributed by atoms with Crippen molar-refractivity contribution in [1.82, 2.24) is 5.32 Å². The number of rotatable bonds is 3. The maximum Gasteiger partial charge on any atom is 0.308 e. The van der Waals surface area contributed by atoms with Crippen molar-refractivity contribution in [2.75, 3.05) is 26.3 Å². The summed E-state index contributed by atoms with van der Waals surface area (Å²) >= 11 is 0. The molecule has 0 radical (unpaired) electrons. The number of ether oxygens (including phenoxy) is 2. The van der Waals surface area contributed by atoms with Crippen LogP contribution in [0.5, 0.6) is 0 Å². The molecule has 1 rings (SSSR count). The average molecular weight is 187 g/mol. The molecule has 1 aliphatic heterocycles. The van der Waals surface area contributed by atoms with Gasteiger partial charge < -0.3 is 14.8 Å². The Bertz CT molecular complexity index is 164. The third kappa shape index (κ3) is 3.74. The molecule has 0 aromatic heterocycles. The van der Waals surface area contributed by atoms with E-state index >= 15 is 0 Å². The largest absolute Gasteiger partial charge is 0.463 e. The standard InChI is InChI=1S/C9H17NO3/c1-7(2)9(11)13-6-8-5-10-3-4-12-8/h7-8,10H,3-6H2,1-2H3. The van der Waals surface area contributed by atoms with Gasteiger partial charge in [0.1, 0.15) is 12.7 Å². The van der Waals surface area contributed by atoms with Crippen molar-refractivity contribution in [2.24, 2.45) is 5.92 Å². The lowest BCUT2D eigenvalue weighted by Gasteiger charge is -2.23. The predicted molar refractivity (Wildman–Crippen MR) is 48.4 cm³/mol. The first-order valence-corrected chi connectivity index (χ1v) is 4.69. The zero-order chi connectivity index (χ0) is 9.68. The van der Waals surface area contributed by atoms with Crippen LogP contribution in [0.3, 0.4) is 0 Å². The zero-order valence-corrected chi connectivity index (χ0v) is 8.21. The van der Waals surface area contributed by atoms with Gasteiger partial charge in [0.15, 0.2) is 0 Å². The van der Waals surface area contributed by atoms with Crippen molar-refractivity contribution in [3.05, 3.63) is 0 Å². The van der Waals surface area contributed by atoms with Crippen LogP contribution in [0, 0.1) is 5.92 Å². The summed E-state index contributed by atoms with van der Waals surface area (Å²) < 4.78 is 10.4. The van der Waals surface area contributed by atoms with Crippen molar-refractivity contribution in [3.8, 4) is 0 Å². The molecule has 1 heterocycles. The molecule has 0 spiro atoms. The van der Waals surface area contributed by atoms with E-state index < -0.39 is 0 Å². The third-order valence-electron chi connectivity index (χ3n) is 1.89. The number of hydrogen-bond donors (Lipinski definition) is 1. The Balaban J connectivity index is 2.13. The van der Waals surface area contributed by atoms with Gasteiger partial charge in [-0.1, -0.05) is 13.8 Å². The second-order valence-corrected chi connectivity index (χ2v) is 3.48. The van der Waals surface area contributed by atoms with E-state index in [1.54, 1.807) is 0 Å². The first-order valence-electron chi connectivity index (χ1n) is 4.69. The van der Waals surface area contributed by atoms with Crippen LogP contribution in [-0.4, -0.2) is 38.4 Å². The Kier molecular flexibility index (Phi) is 4.18. The predicted octanol–water partition coefficient (Wildman–Crippen LogP) is 0.174. The summed E-state index contributed by atoms with van der Waals surface area (Å²) in [5.74, 6) is -0.217. The van der Waals surface area contributed by atoms with Crippen LogP contribution < -0.4 is 5.32 Å². The van der Waals surface area contributed by atoms with E-state index in [9.17, 15) is 4.79 Å². The van der Waals surface area contributed by atoms with E-state index in [4.69, 9.17) is 9.47 Å². The fourth-order valence-electron chi connectivity index (χ4n) is 1.07. The summed E-state index contributed by atoms with van der Waals surface area (Å²) in [6, 6.07) is 0. The molecule has 76 valence electrons. The van der Waals surface area contributed by atoms with Crippen LogP contribution in [0.1, 0.15) is 13.8 Å². The maximum absolute atomic E-state index is 11.1. The first-order chi connectivity index (χ1) is 6.20. The molecule has 0 aliphatic carbocycles. The van der Waals surface area contributed by atoms with Gasteiger partial charge in [0.05, 0.1) is 12.5 Å². The molecular weight excluding hydrogens is 170 g/mol. The molecule has 1 fully saturated rings. The lowest BCUT2D eigenvalue weighted by Crippen LogP contribution is -2.41. The summed E-state index contributed by atoms with van der Waals surface area (Å²) in [5.41, 5.74) is 0. The maximum atomic E-state index is 11.1. The molecule has 13 heavy (non-hydrogen) atoms. The summed E-state index contributed by atoms with van der Waals surface area (Å²) in [6.07, 6.45) is 0.0245. The van der Waals surface area contributed by atoms with E-state index in [2.05, 4.69) is 5.32 Å². The fourth-order valence-corrected chi connectivity index (χ4v) is 1.07. The highest BCUT2D eigenvalue weighted by atomic mass is 16.6. The van der Waals surface area contributed by atoms with Gasteiger partial charge in [-0.3, -0.25) is 4.79 Å². The monoisotopic (exact) mass is 187 g/mol. The van der Waals surface area contributed by atoms with Crippen molar-refractivity contribution >= 4 is 5.97 Å². The molecule has 4 nitrogen and oxygen atoms in total. The summed E-state index contributed by atoms with van der Waals surface area (Å²) in [7, 11) is 0. The van der Waals surface area contributed by atoms with E-state index in [-0.39, 0.29) is 18.0 Å². The second kappa shape index (κ2) is 5.19. The molecule has 1 unspecified atom stereocenters. The number of carbonyl (C=O) groups is 1. The van der Waals surface area contributed by atoms with Crippen molar-refractivity contribution < 1.29 is 14.3 Å². The van der Waals surface area contributed by atoms with Gasteiger partial charge in [-0.2, -0.15) is 0 Å². The summed E-state index contributed by atoms with van der Waals surface area (Å²) in [4.78, 5) is 11.1. The molecule has 1 aliphatic rings. The van der Waals surface area contributed by atoms with E-state index in [1.807, 2.05) is 13.8 Å². The minimum Gasteiger partial charge on any atom is -0.463 e. The Morgan fingerprint density at radius 3 is 3.00 bits per heavy atom. The Labute approximate surface area is 78.6 Å². The molecule has 1 saturated heterocycles. The minimum absolute atomic E-state index is 0.0245. The van der Waals surface area contributed by atoms with Crippen molar-refractivity contribution in [1.29, 1.82) is 0 Å². The van der Waals surface area contributed by atoms with E-state index in [0.717, 1.165) is 13.1 Å². The lowest BCUT2D eigenvalue weighted by molar-refractivity contribution is -0.152. The minimum atomic E-state index is -0.158. The molecule has 0 aromatic carbocycles. The summed E-state index contributed by atoms with van der Waals surface area (Å²) in [5, 5.41) is 3.17. The van der Waals surface area contributed by atoms with E-state index in [1.165, 1.54) is 0 Å². The Hall–Kier alpha value is -0.610. The Morgan fingerprint density at radius 1 is 1.69 bits per heavy atom. The van der Waals surface area contributed by atoms with Gasteiger partial charge in [0, 0.05) is 13.1 Å². The summed E-state index contributed by atoms with van der Waals surface area (Å²) in [6.45, 7) is 6.36. The van der Waals surface area contributed by atoms with Gasteiger partial charge in [-0.25, -0.2) is 0 Å². The van der Waals surface area contributed by atoms with Gasteiger partial charge in [-0.15, -0.1) is 0 Å². The van der Waals surface area contributed by atoms with Crippen molar-refractivity contribution in [2.45, 2.75) is 20.0 Å². The van der Waals surface area contributed by atoms with Crippen LogP contribution in [0.25, 0.3) is 0 Å². The zero-order valence-electron chi connectivity index (χ0n) is 8.21. The first kappa shape index (κ1) is 10.5. The third-order valence-corrected chi connectivity index (χ3v) is 1.89. The number of esters is 1. The van der Waals surface area contributed by atoms with E-state index in [0.29, 0.717) is 13.2 Å². The molecule has 0 saturated carbocycles. The Morgan fingerprint density at radius 2 is 2.46 bits per heavy atom. The number of hydrogen-bond acceptors (Lipinski definition) is 4. The van der Waals surface area contributed by atoms with Crippen LogP contribution in [0.2, 0.25) is 0 Å². The SMILES string of the molecule is CC(C)C(=O)OCC1CNCCO1. The van der Waals surface area contributed by atoms with Crippen LogP contribution in [0.15, 0.2) is 0 Å². The van der Waals surface area contributed by atoms with Gasteiger partial charge in [0.25, 0.3) is 0 Å². The second-order valence-electron chi connectivity index (χ2n) is 3.48. The molecule has 0 amide bonds. The topological polar surface area (TPSA) is 47.6 Å². The number of morpholine rings is 1. The quantitative estimate of drug-likeness (QED) is 0.640. The molecule has 0 bridgehead atoms. The normalized spacial score (nSPS) is 23.2. The van der Waals surface area contributed by atoms with Gasteiger partial charge in [-0.05, 0) is 0 Å². The molecule has 0 aromatic rings. The van der Waals surface area contributed by atoms with Crippen molar-refractivity contribution in [3.63, 3.8) is 0 Å². The highest BCUT2D eigenvalue weighted by Crippen LogP contribution is 2.00. The average Bonchev–Trinajstić information content (AvgIpc) is 2.15. The fraction of sp³-hybridized carbons (Fsp3) is 0.889. The van der Waals surface area contributed by atoms with Crippen LogP contribution in [-0.2, 0) is 14.3 Å². The van der Waals surface area contributed by atoms with Crippen LogP contribution in [0.4, 0.5) is 0 Å². The molecule has 4 heteroatoms. The van der Waals surface area contributed by atoms with Gasteiger partial charge in [0.2, 0.25) is 0 Å².